The van der Waals surface area contributed by atoms with E-state index in [9.17, 15) is 14.4 Å². The van der Waals surface area contributed by atoms with Crippen LogP contribution >= 0.6 is 11.3 Å². The minimum absolute atomic E-state index is 0.233. The van der Waals surface area contributed by atoms with E-state index in [0.29, 0.717) is 22.8 Å². The molecule has 2 amide bonds. The monoisotopic (exact) mass is 412 g/mol. The summed E-state index contributed by atoms with van der Waals surface area (Å²) in [4.78, 5) is 38.0. The Morgan fingerprint density at radius 1 is 1.14 bits per heavy atom. The highest BCUT2D eigenvalue weighted by Gasteiger charge is 2.12. The fourth-order valence-electron chi connectivity index (χ4n) is 2.68. The number of hydrogen-bond acceptors (Lipinski definition) is 6. The Bertz CT molecular complexity index is 1120. The molecule has 2 heterocycles. The quantitative estimate of drug-likeness (QED) is 0.648. The fraction of sp³-hybridized carbons (Fsp3) is 0.200. The van der Waals surface area contributed by atoms with Gasteiger partial charge in [0, 0.05) is 23.6 Å². The second-order valence-corrected chi connectivity index (χ2v) is 7.56. The molecule has 0 spiro atoms. The Kier molecular flexibility index (Phi) is 6.08. The molecule has 0 aliphatic rings. The van der Waals surface area contributed by atoms with Gasteiger partial charge >= 0.3 is 0 Å². The summed E-state index contributed by atoms with van der Waals surface area (Å²) in [5.41, 5.74) is 1.14. The molecule has 0 saturated carbocycles. The average Bonchev–Trinajstić information content (AvgIpc) is 3.09. The largest absolute Gasteiger partial charge is 0.495 e. The Morgan fingerprint density at radius 3 is 2.59 bits per heavy atom. The summed E-state index contributed by atoms with van der Waals surface area (Å²) in [6.07, 6.45) is 0. The summed E-state index contributed by atoms with van der Waals surface area (Å²) in [7, 11) is 1.47. The number of aromatic nitrogens is 2. The zero-order chi connectivity index (χ0) is 21.0. The molecule has 8 nitrogen and oxygen atoms in total. The minimum atomic E-state index is -0.447. The van der Waals surface area contributed by atoms with E-state index in [4.69, 9.17) is 4.74 Å². The van der Waals surface area contributed by atoms with Crippen molar-refractivity contribution in [3.8, 4) is 16.3 Å². The van der Waals surface area contributed by atoms with Gasteiger partial charge in [-0.2, -0.15) is 5.10 Å². The lowest BCUT2D eigenvalue weighted by atomic mass is 10.2. The fourth-order valence-corrected chi connectivity index (χ4v) is 3.51. The van der Waals surface area contributed by atoms with E-state index in [2.05, 4.69) is 15.7 Å². The van der Waals surface area contributed by atoms with Crippen LogP contribution in [0.4, 0.5) is 11.4 Å². The van der Waals surface area contributed by atoms with Gasteiger partial charge in [0.1, 0.15) is 18.0 Å². The predicted molar refractivity (Wildman–Crippen MR) is 112 cm³/mol. The van der Waals surface area contributed by atoms with Crippen molar-refractivity contribution < 1.29 is 14.3 Å². The number of hydrogen-bond donors (Lipinski definition) is 2. The van der Waals surface area contributed by atoms with E-state index in [-0.39, 0.29) is 18.0 Å². The number of aryl methyl sites for hydroxylation is 1. The van der Waals surface area contributed by atoms with Crippen molar-refractivity contribution in [1.29, 1.82) is 0 Å². The van der Waals surface area contributed by atoms with Gasteiger partial charge in [-0.1, -0.05) is 0 Å². The van der Waals surface area contributed by atoms with E-state index in [1.165, 1.54) is 20.1 Å². The molecule has 3 aromatic rings. The maximum absolute atomic E-state index is 12.5. The molecule has 0 bridgehead atoms. The second-order valence-electron chi connectivity index (χ2n) is 6.27. The van der Waals surface area contributed by atoms with Crippen LogP contribution in [-0.2, 0) is 16.1 Å². The number of thiophene rings is 1. The predicted octanol–water partition coefficient (Wildman–Crippen LogP) is 2.89. The van der Waals surface area contributed by atoms with Gasteiger partial charge in [-0.05, 0) is 43.3 Å². The topological polar surface area (TPSA) is 102 Å². The Balaban J connectivity index is 1.80. The van der Waals surface area contributed by atoms with Gasteiger partial charge < -0.3 is 15.4 Å². The van der Waals surface area contributed by atoms with Crippen LogP contribution in [0.15, 0.2) is 47.3 Å². The number of carbonyl (C=O) groups excluding carboxylic acids is 2. The van der Waals surface area contributed by atoms with Crippen LogP contribution in [0, 0.1) is 6.92 Å². The Labute approximate surface area is 171 Å². The standard InChI is InChI=1S/C20H20N4O4S/c1-12-4-8-18(29-12)15-6-9-20(27)24(23-15)11-19(26)22-16-10-14(21-13(2)25)5-7-17(16)28-3/h4-10H,11H2,1-3H3,(H,21,25)(H,22,26). The highest BCUT2D eigenvalue weighted by atomic mass is 32.1. The van der Waals surface area contributed by atoms with Crippen molar-refractivity contribution >= 4 is 34.5 Å². The summed E-state index contributed by atoms with van der Waals surface area (Å²) in [5.74, 6) is -0.253. The molecule has 2 N–H and O–H groups in total. The van der Waals surface area contributed by atoms with Crippen LogP contribution in [0.25, 0.3) is 10.6 Å². The number of methoxy groups -OCH3 is 1. The molecule has 1 aromatic carbocycles. The number of anilines is 2. The number of nitrogens with zero attached hydrogens (tertiary/aromatic N) is 2. The third-order valence-electron chi connectivity index (χ3n) is 3.95. The summed E-state index contributed by atoms with van der Waals surface area (Å²) in [6.45, 7) is 3.12. The lowest BCUT2D eigenvalue weighted by Gasteiger charge is -2.13. The van der Waals surface area contributed by atoms with E-state index in [0.717, 1.165) is 14.4 Å². The smallest absolute Gasteiger partial charge is 0.267 e. The lowest BCUT2D eigenvalue weighted by molar-refractivity contribution is -0.117. The van der Waals surface area contributed by atoms with E-state index in [1.54, 1.807) is 35.6 Å². The number of carbonyl (C=O) groups is 2. The summed E-state index contributed by atoms with van der Waals surface area (Å²) in [6, 6.07) is 11.8. The number of nitrogens with one attached hydrogen (secondary N) is 2. The molecule has 0 atom stereocenters. The first-order valence-electron chi connectivity index (χ1n) is 8.76. The first-order chi connectivity index (χ1) is 13.9. The van der Waals surface area contributed by atoms with Crippen LogP contribution in [0.5, 0.6) is 5.75 Å². The van der Waals surface area contributed by atoms with Gasteiger partial charge in [0.25, 0.3) is 5.56 Å². The second kappa shape index (κ2) is 8.70. The van der Waals surface area contributed by atoms with Gasteiger partial charge in [0.2, 0.25) is 11.8 Å². The molecule has 3 rings (SSSR count). The number of amides is 2. The van der Waals surface area contributed by atoms with Crippen molar-refractivity contribution in [2.45, 2.75) is 20.4 Å². The maximum atomic E-state index is 12.5. The van der Waals surface area contributed by atoms with Gasteiger partial charge in [0.15, 0.2) is 0 Å². The minimum Gasteiger partial charge on any atom is -0.495 e. The van der Waals surface area contributed by atoms with Crippen LogP contribution in [0.1, 0.15) is 11.8 Å². The number of rotatable bonds is 6. The maximum Gasteiger partial charge on any atom is 0.267 e. The Hall–Kier alpha value is -3.46. The molecule has 0 aliphatic carbocycles. The normalized spacial score (nSPS) is 10.4. The number of ether oxygens (including phenoxy) is 1. The average molecular weight is 412 g/mol. The van der Waals surface area contributed by atoms with Crippen molar-refractivity contribution in [1.82, 2.24) is 9.78 Å². The molecule has 0 unspecified atom stereocenters. The van der Waals surface area contributed by atoms with Crippen molar-refractivity contribution in [3.05, 3.63) is 57.7 Å². The Morgan fingerprint density at radius 2 is 1.93 bits per heavy atom. The molecule has 9 heteroatoms. The molecule has 0 radical (unpaired) electrons. The summed E-state index contributed by atoms with van der Waals surface area (Å²) >= 11 is 1.56. The molecule has 0 saturated heterocycles. The van der Waals surface area contributed by atoms with Gasteiger partial charge in [-0.3, -0.25) is 14.4 Å². The lowest BCUT2D eigenvalue weighted by Crippen LogP contribution is -2.29. The van der Waals surface area contributed by atoms with Crippen LogP contribution < -0.4 is 20.9 Å². The van der Waals surface area contributed by atoms with Gasteiger partial charge in [-0.25, -0.2) is 4.68 Å². The van der Waals surface area contributed by atoms with Crippen molar-refractivity contribution in [3.63, 3.8) is 0 Å². The van der Waals surface area contributed by atoms with Crippen LogP contribution in [0.3, 0.4) is 0 Å². The first kappa shape index (κ1) is 20.3. The first-order valence-corrected chi connectivity index (χ1v) is 9.58. The van der Waals surface area contributed by atoms with Crippen molar-refractivity contribution in [2.24, 2.45) is 0 Å². The van der Waals surface area contributed by atoms with Crippen LogP contribution in [0.2, 0.25) is 0 Å². The zero-order valence-corrected chi connectivity index (χ0v) is 17.0. The summed E-state index contributed by atoms with van der Waals surface area (Å²) in [5, 5.41) is 9.65. The van der Waals surface area contributed by atoms with E-state index in [1.807, 2.05) is 19.1 Å². The van der Waals surface area contributed by atoms with E-state index >= 15 is 0 Å². The molecular weight excluding hydrogens is 392 g/mol. The SMILES string of the molecule is COc1ccc(NC(C)=O)cc1NC(=O)Cn1nc(-c2ccc(C)s2)ccc1=O. The highest BCUT2D eigenvalue weighted by molar-refractivity contribution is 7.15. The van der Waals surface area contributed by atoms with Gasteiger partial charge in [-0.15, -0.1) is 11.3 Å². The molecule has 0 fully saturated rings. The zero-order valence-electron chi connectivity index (χ0n) is 16.2. The molecule has 29 heavy (non-hydrogen) atoms. The molecule has 2 aromatic heterocycles. The number of benzene rings is 1. The third kappa shape index (κ3) is 5.08. The van der Waals surface area contributed by atoms with Crippen molar-refractivity contribution in [2.75, 3.05) is 17.7 Å². The van der Waals surface area contributed by atoms with E-state index < -0.39 is 5.91 Å². The highest BCUT2D eigenvalue weighted by Crippen LogP contribution is 2.28. The summed E-state index contributed by atoms with van der Waals surface area (Å²) < 4.78 is 6.36. The van der Waals surface area contributed by atoms with Gasteiger partial charge in [0.05, 0.1) is 17.7 Å². The third-order valence-corrected chi connectivity index (χ3v) is 4.97. The van der Waals surface area contributed by atoms with Crippen LogP contribution in [-0.4, -0.2) is 28.7 Å². The molecule has 150 valence electrons. The molecule has 0 aliphatic heterocycles. The molecular formula is C20H20N4O4S.